The number of benzene rings is 3. The largest absolute Gasteiger partial charge is 0.326 e. The number of carbonyl (C=O) groups is 1. The Morgan fingerprint density at radius 3 is 2.57 bits per heavy atom. The van der Waals surface area contributed by atoms with Gasteiger partial charge in [0.05, 0.1) is 16.6 Å². The van der Waals surface area contributed by atoms with Crippen molar-refractivity contribution in [3.8, 4) is 5.69 Å². The number of nitrogens with one attached hydrogen (secondary N) is 1. The summed E-state index contributed by atoms with van der Waals surface area (Å²) in [6.07, 6.45) is 0.272. The fourth-order valence-electron chi connectivity index (χ4n) is 3.04. The Bertz CT molecular complexity index is 1260. The molecule has 0 radical (unpaired) electrons. The van der Waals surface area contributed by atoms with E-state index in [1.807, 2.05) is 48.5 Å². The van der Waals surface area contributed by atoms with E-state index in [1.54, 1.807) is 34.9 Å². The maximum absolute atomic E-state index is 13.1. The summed E-state index contributed by atoms with van der Waals surface area (Å²) < 4.78 is 1.60. The van der Waals surface area contributed by atoms with Crippen LogP contribution in [0.25, 0.3) is 16.6 Å². The van der Waals surface area contributed by atoms with Crippen LogP contribution in [-0.2, 0) is 4.79 Å². The predicted molar refractivity (Wildman–Crippen MR) is 123 cm³/mol. The van der Waals surface area contributed by atoms with Crippen molar-refractivity contribution in [2.24, 2.45) is 0 Å². The van der Waals surface area contributed by atoms with Crippen LogP contribution in [0.15, 0.2) is 88.8 Å². The smallest absolute Gasteiger partial charge is 0.266 e. The van der Waals surface area contributed by atoms with Crippen molar-refractivity contribution in [3.05, 3.63) is 94.2 Å². The molecule has 1 heterocycles. The Labute approximate surface area is 182 Å². The second-order valence-electron chi connectivity index (χ2n) is 6.54. The van der Waals surface area contributed by atoms with Gasteiger partial charge >= 0.3 is 0 Å². The number of thioether (sulfide) groups is 1. The standard InChI is InChI=1S/C23H18ClN3O2S/c24-16-7-6-8-17(15-16)25-21(28)13-14-30-23-26-20-12-5-4-11-19(20)22(29)27(23)18-9-2-1-3-10-18/h1-12,15H,13-14H2,(H,25,28). The van der Waals surface area contributed by atoms with Gasteiger partial charge in [-0.15, -0.1) is 0 Å². The Hall–Kier alpha value is -3.09. The van der Waals surface area contributed by atoms with Crippen molar-refractivity contribution in [1.82, 2.24) is 9.55 Å². The molecule has 0 atom stereocenters. The lowest BCUT2D eigenvalue weighted by Crippen LogP contribution is -2.22. The number of rotatable bonds is 6. The van der Waals surface area contributed by atoms with E-state index in [0.717, 1.165) is 5.69 Å². The van der Waals surface area contributed by atoms with Crippen molar-refractivity contribution in [2.75, 3.05) is 11.1 Å². The molecule has 0 aliphatic rings. The first-order valence-electron chi connectivity index (χ1n) is 9.37. The van der Waals surface area contributed by atoms with Gasteiger partial charge in [-0.05, 0) is 42.5 Å². The minimum atomic E-state index is -0.127. The van der Waals surface area contributed by atoms with Gasteiger partial charge in [0, 0.05) is 22.9 Å². The molecular weight excluding hydrogens is 418 g/mol. The maximum atomic E-state index is 13.1. The van der Waals surface area contributed by atoms with E-state index in [9.17, 15) is 9.59 Å². The summed E-state index contributed by atoms with van der Waals surface area (Å²) in [6, 6.07) is 23.7. The molecule has 1 N–H and O–H groups in total. The molecule has 0 saturated carbocycles. The third kappa shape index (κ3) is 4.56. The molecule has 0 fully saturated rings. The summed E-state index contributed by atoms with van der Waals surface area (Å²) in [7, 11) is 0. The first-order chi connectivity index (χ1) is 14.6. The number of para-hydroxylation sites is 2. The van der Waals surface area contributed by atoms with Crippen LogP contribution in [0, 0.1) is 0 Å². The van der Waals surface area contributed by atoms with E-state index < -0.39 is 0 Å². The third-order valence-corrected chi connectivity index (χ3v) is 5.60. The van der Waals surface area contributed by atoms with Crippen LogP contribution >= 0.6 is 23.4 Å². The molecular formula is C23H18ClN3O2S. The quantitative estimate of drug-likeness (QED) is 0.335. The number of halogens is 1. The predicted octanol–water partition coefficient (Wildman–Crippen LogP) is 5.16. The molecule has 3 aromatic carbocycles. The van der Waals surface area contributed by atoms with Crippen LogP contribution < -0.4 is 10.9 Å². The number of carbonyl (C=O) groups excluding carboxylic acids is 1. The Balaban J connectivity index is 1.56. The number of anilines is 1. The van der Waals surface area contributed by atoms with Crippen molar-refractivity contribution < 1.29 is 4.79 Å². The third-order valence-electron chi connectivity index (χ3n) is 4.43. The fourth-order valence-corrected chi connectivity index (χ4v) is 4.18. The Morgan fingerprint density at radius 2 is 1.77 bits per heavy atom. The average Bonchev–Trinajstić information content (AvgIpc) is 2.74. The Kier molecular flexibility index (Phi) is 6.16. The van der Waals surface area contributed by atoms with Crippen LogP contribution in [0.3, 0.4) is 0 Å². The highest BCUT2D eigenvalue weighted by atomic mass is 35.5. The molecule has 150 valence electrons. The molecule has 4 aromatic rings. The highest BCUT2D eigenvalue weighted by molar-refractivity contribution is 7.99. The summed E-state index contributed by atoms with van der Waals surface area (Å²) in [5.74, 6) is 0.350. The van der Waals surface area contributed by atoms with E-state index in [1.165, 1.54) is 11.8 Å². The molecule has 0 saturated heterocycles. The lowest BCUT2D eigenvalue weighted by Gasteiger charge is -2.13. The molecule has 30 heavy (non-hydrogen) atoms. The SMILES string of the molecule is O=C(CCSc1nc2ccccc2c(=O)n1-c1ccccc1)Nc1cccc(Cl)c1. The van der Waals surface area contributed by atoms with E-state index >= 15 is 0 Å². The van der Waals surface area contributed by atoms with E-state index in [0.29, 0.717) is 32.5 Å². The fraction of sp³-hybridized carbons (Fsp3) is 0.0870. The lowest BCUT2D eigenvalue weighted by molar-refractivity contribution is -0.115. The molecule has 0 unspecified atom stereocenters. The summed E-state index contributed by atoms with van der Waals surface area (Å²) in [5, 5.41) is 4.51. The van der Waals surface area contributed by atoms with Crippen molar-refractivity contribution >= 4 is 45.9 Å². The van der Waals surface area contributed by atoms with Gasteiger partial charge in [0.1, 0.15) is 0 Å². The number of nitrogens with zero attached hydrogens (tertiary/aromatic N) is 2. The topological polar surface area (TPSA) is 64.0 Å². The van der Waals surface area contributed by atoms with Gasteiger partial charge in [0.25, 0.3) is 5.56 Å². The lowest BCUT2D eigenvalue weighted by atomic mass is 10.2. The number of amides is 1. The zero-order valence-corrected chi connectivity index (χ0v) is 17.5. The van der Waals surface area contributed by atoms with E-state index in [2.05, 4.69) is 10.3 Å². The zero-order valence-electron chi connectivity index (χ0n) is 15.9. The van der Waals surface area contributed by atoms with E-state index in [4.69, 9.17) is 11.6 Å². The zero-order chi connectivity index (χ0) is 20.9. The van der Waals surface area contributed by atoms with Crippen LogP contribution in [0.4, 0.5) is 5.69 Å². The first kappa shape index (κ1) is 20.2. The second-order valence-corrected chi connectivity index (χ2v) is 8.04. The van der Waals surface area contributed by atoms with Crippen LogP contribution in [0.1, 0.15) is 6.42 Å². The van der Waals surface area contributed by atoms with Gasteiger partial charge in [-0.2, -0.15) is 0 Å². The monoisotopic (exact) mass is 435 g/mol. The highest BCUT2D eigenvalue weighted by Crippen LogP contribution is 2.22. The summed E-state index contributed by atoms with van der Waals surface area (Å²) in [6.45, 7) is 0. The van der Waals surface area contributed by atoms with Gasteiger partial charge < -0.3 is 5.32 Å². The molecule has 5 nitrogen and oxygen atoms in total. The molecule has 1 aromatic heterocycles. The summed E-state index contributed by atoms with van der Waals surface area (Å²) in [4.78, 5) is 30.1. The van der Waals surface area contributed by atoms with Crippen molar-refractivity contribution in [1.29, 1.82) is 0 Å². The highest BCUT2D eigenvalue weighted by Gasteiger charge is 2.13. The Morgan fingerprint density at radius 1 is 1.00 bits per heavy atom. The number of hydrogen-bond donors (Lipinski definition) is 1. The minimum absolute atomic E-state index is 0.126. The molecule has 4 rings (SSSR count). The maximum Gasteiger partial charge on any atom is 0.266 e. The van der Waals surface area contributed by atoms with Gasteiger partial charge in [0.15, 0.2) is 5.16 Å². The van der Waals surface area contributed by atoms with Crippen molar-refractivity contribution in [3.63, 3.8) is 0 Å². The summed E-state index contributed by atoms with van der Waals surface area (Å²) in [5.41, 5.74) is 1.91. The minimum Gasteiger partial charge on any atom is -0.326 e. The van der Waals surface area contributed by atoms with Crippen LogP contribution in [-0.4, -0.2) is 21.2 Å². The van der Waals surface area contributed by atoms with Gasteiger partial charge in [0.2, 0.25) is 5.91 Å². The van der Waals surface area contributed by atoms with Crippen LogP contribution in [0.5, 0.6) is 0 Å². The normalized spacial score (nSPS) is 10.8. The number of hydrogen-bond acceptors (Lipinski definition) is 4. The first-order valence-corrected chi connectivity index (χ1v) is 10.7. The van der Waals surface area contributed by atoms with Gasteiger partial charge in [-0.1, -0.05) is 59.8 Å². The molecule has 0 aliphatic heterocycles. The molecule has 0 spiro atoms. The summed E-state index contributed by atoms with van der Waals surface area (Å²) >= 11 is 7.33. The molecule has 0 bridgehead atoms. The van der Waals surface area contributed by atoms with Crippen LogP contribution in [0.2, 0.25) is 5.02 Å². The van der Waals surface area contributed by atoms with E-state index in [-0.39, 0.29) is 17.9 Å². The number of aromatic nitrogens is 2. The molecule has 1 amide bonds. The average molecular weight is 436 g/mol. The van der Waals surface area contributed by atoms with Gasteiger partial charge in [-0.3, -0.25) is 14.2 Å². The number of fused-ring (bicyclic) bond motifs is 1. The molecule has 0 aliphatic carbocycles. The molecule has 7 heteroatoms. The second kappa shape index (κ2) is 9.15. The van der Waals surface area contributed by atoms with Gasteiger partial charge in [-0.25, -0.2) is 4.98 Å². The van der Waals surface area contributed by atoms with Crippen molar-refractivity contribution in [2.45, 2.75) is 11.6 Å².